The van der Waals surface area contributed by atoms with E-state index in [2.05, 4.69) is 29.2 Å². The zero-order valence-corrected chi connectivity index (χ0v) is 39.2. The molecule has 17 heteroatoms. The molecule has 0 aromatic rings. The Balaban J connectivity index is 2.88. The van der Waals surface area contributed by atoms with Gasteiger partial charge in [0.25, 0.3) is 0 Å². The summed E-state index contributed by atoms with van der Waals surface area (Å²) in [5.41, 5.74) is 5.37. The Morgan fingerprint density at radius 3 is 1.86 bits per heavy atom. The fourth-order valence-electron chi connectivity index (χ4n) is 7.30. The van der Waals surface area contributed by atoms with E-state index in [1.165, 1.54) is 85.0 Å². The smallest absolute Gasteiger partial charge is 0.309 e. The zero-order valence-electron chi connectivity index (χ0n) is 40.2. The summed E-state index contributed by atoms with van der Waals surface area (Å²) >= 11 is 0. The lowest BCUT2D eigenvalue weighted by atomic mass is 9.97. The maximum atomic E-state index is 13.3. The van der Waals surface area contributed by atoms with Crippen molar-refractivity contribution in [1.29, 1.82) is 0 Å². The Labute approximate surface area is 377 Å². The van der Waals surface area contributed by atoms with E-state index in [1.807, 2.05) is 0 Å². The van der Waals surface area contributed by atoms with E-state index >= 15 is 0 Å². The topological polar surface area (TPSA) is 248 Å². The molecule has 0 unspecified atom stereocenters. The number of hydrogen-bond acceptors (Lipinski definition) is 13. The van der Waals surface area contributed by atoms with Gasteiger partial charge in [0, 0.05) is 19.8 Å². The molecule has 1 rings (SSSR count). The normalized spacial score (nSPS) is 19.4. The van der Waals surface area contributed by atoms with Crippen LogP contribution >= 0.6 is 0 Å². The summed E-state index contributed by atoms with van der Waals surface area (Å²) in [4.78, 5) is 87.9. The van der Waals surface area contributed by atoms with Crippen LogP contribution in [0.15, 0.2) is 0 Å². The van der Waals surface area contributed by atoms with Gasteiger partial charge < -0.3 is 50.5 Å². The molecule has 8 atom stereocenters. The van der Waals surface area contributed by atoms with Gasteiger partial charge in [0.1, 0.15) is 49.2 Å². The Hall–Kier alpha value is -3.83. The van der Waals surface area contributed by atoms with Crippen molar-refractivity contribution in [2.24, 2.45) is 5.73 Å². The molecular formula is C46H82N4O13. The average Bonchev–Trinajstić information content (AvgIpc) is 3.26. The molecule has 364 valence electrons. The molecule has 1 aliphatic rings. The van der Waals surface area contributed by atoms with Crippen LogP contribution in [-0.2, 0) is 57.2 Å². The minimum Gasteiger partial charge on any atom is -0.469 e. The lowest BCUT2D eigenvalue weighted by molar-refractivity contribution is -0.198. The van der Waals surface area contributed by atoms with Crippen molar-refractivity contribution in [3.05, 3.63) is 0 Å². The maximum Gasteiger partial charge on any atom is 0.309 e. The second-order valence-corrected chi connectivity index (χ2v) is 16.8. The van der Waals surface area contributed by atoms with E-state index in [1.54, 1.807) is 0 Å². The first kappa shape index (κ1) is 55.3. The van der Waals surface area contributed by atoms with Crippen LogP contribution in [0.25, 0.3) is 0 Å². The predicted molar refractivity (Wildman–Crippen MR) is 237 cm³/mol. The van der Waals surface area contributed by atoms with Crippen LogP contribution in [0.5, 0.6) is 0 Å². The third kappa shape index (κ3) is 26.5. The molecule has 0 saturated carbocycles. The van der Waals surface area contributed by atoms with Crippen molar-refractivity contribution in [3.8, 4) is 0 Å². The number of hydrogen-bond donors (Lipinski definition) is 5. The van der Waals surface area contributed by atoms with E-state index < -0.39 is 90.8 Å². The van der Waals surface area contributed by atoms with Gasteiger partial charge in [-0.1, -0.05) is 117 Å². The van der Waals surface area contributed by atoms with E-state index in [-0.39, 0.29) is 38.3 Å². The first-order chi connectivity index (χ1) is 30.6. The third-order valence-electron chi connectivity index (χ3n) is 11.1. The Kier molecular flexibility index (Phi) is 30.3. The quantitative estimate of drug-likeness (QED) is 0.0311. The van der Waals surface area contributed by atoms with Gasteiger partial charge in [0.05, 0.1) is 26.2 Å². The molecule has 4 amide bonds. The summed E-state index contributed by atoms with van der Waals surface area (Å²) < 4.78 is 36.0. The van der Waals surface area contributed by atoms with Gasteiger partial charge in [-0.2, -0.15) is 0 Å². The minimum atomic E-state index is -1.54. The van der Waals surface area contributed by atoms with E-state index in [0.717, 1.165) is 58.5 Å². The predicted octanol–water partition coefficient (Wildman–Crippen LogP) is 5.14. The summed E-state index contributed by atoms with van der Waals surface area (Å²) in [6, 6.07) is -3.68. The number of aliphatic hydroxyl groups excluding tert-OH is 1. The molecule has 0 radical (unpaired) electrons. The Morgan fingerprint density at radius 2 is 1.32 bits per heavy atom. The number of methoxy groups -OCH3 is 1. The molecule has 1 fully saturated rings. The van der Waals surface area contributed by atoms with E-state index in [4.69, 9.17) is 26.1 Å². The zero-order chi connectivity index (χ0) is 47.9. The summed E-state index contributed by atoms with van der Waals surface area (Å²) in [5, 5.41) is 16.7. The van der Waals surface area contributed by atoms with Gasteiger partial charge in [0.15, 0.2) is 1.41 Å². The number of ether oxygens (including phenoxy) is 5. The first-order valence-electron chi connectivity index (χ1n) is 24.1. The highest BCUT2D eigenvalue weighted by Gasteiger charge is 2.43. The molecule has 1 saturated heterocycles. The fraction of sp³-hybridized carbons (Fsp3) is 0.848. The van der Waals surface area contributed by atoms with Crippen LogP contribution in [0.1, 0.15) is 182 Å². The Bertz CT molecular complexity index is 1390. The van der Waals surface area contributed by atoms with Crippen LogP contribution in [0.2, 0.25) is 1.41 Å². The number of rotatable bonds is 36. The second-order valence-electron chi connectivity index (χ2n) is 16.8. The van der Waals surface area contributed by atoms with Crippen molar-refractivity contribution < 1.29 is 63.8 Å². The van der Waals surface area contributed by atoms with Crippen molar-refractivity contribution >= 4 is 41.5 Å². The first-order valence-corrected chi connectivity index (χ1v) is 23.6. The molecule has 0 aromatic carbocycles. The van der Waals surface area contributed by atoms with Crippen molar-refractivity contribution in [1.82, 2.24) is 15.9 Å². The maximum absolute atomic E-state index is 13.3. The van der Waals surface area contributed by atoms with Crippen molar-refractivity contribution in [3.63, 3.8) is 0 Å². The number of carbonyl (C=O) groups excluding carboxylic acids is 7. The van der Waals surface area contributed by atoms with Gasteiger partial charge in [-0.25, -0.2) is 0 Å². The molecule has 17 nitrogen and oxygen atoms in total. The van der Waals surface area contributed by atoms with Crippen LogP contribution < -0.4 is 21.7 Å². The van der Waals surface area contributed by atoms with Crippen LogP contribution in [0, 0.1) is 0 Å². The van der Waals surface area contributed by atoms with E-state index in [0.29, 0.717) is 11.7 Å². The SMILES string of the molecule is [2H]N(C(=O)[C@@H](C)O[C@H]1[C@H](O)[C@@H](COC(=O)C[C@@H](CCCCCCCCCCC)OC(=O)CCCCCCCCCCC)OC[C@@H]1NC(C)=O)[C@@H](C)C(=O)N[C@@H](CCC(=O)OC)C(N)=O. The highest BCUT2D eigenvalue weighted by atomic mass is 16.6. The molecular weight excluding hydrogens is 817 g/mol. The number of esters is 3. The highest BCUT2D eigenvalue weighted by molar-refractivity contribution is 5.92. The monoisotopic (exact) mass is 900 g/mol. The minimum absolute atomic E-state index is 0.165. The number of amides is 4. The van der Waals surface area contributed by atoms with Crippen LogP contribution in [0.3, 0.4) is 0 Å². The van der Waals surface area contributed by atoms with Crippen LogP contribution in [-0.4, -0.2) is 116 Å². The van der Waals surface area contributed by atoms with Crippen molar-refractivity contribution in [2.75, 3.05) is 20.3 Å². The summed E-state index contributed by atoms with van der Waals surface area (Å²) in [6.07, 6.45) is 14.3. The summed E-state index contributed by atoms with van der Waals surface area (Å²) in [6.45, 7) is 7.57. The number of nitrogens with two attached hydrogens (primary N) is 1. The number of nitrogens with one attached hydrogen (secondary N) is 3. The number of unbranched alkanes of at least 4 members (excludes halogenated alkanes) is 16. The van der Waals surface area contributed by atoms with Gasteiger partial charge in [-0.3, -0.25) is 33.6 Å². The summed E-state index contributed by atoms with van der Waals surface area (Å²) in [7, 11) is 1.16. The van der Waals surface area contributed by atoms with Gasteiger partial charge in [0.2, 0.25) is 23.6 Å². The lowest BCUT2D eigenvalue weighted by Crippen LogP contribution is -2.62. The second kappa shape index (κ2) is 34.6. The standard InChI is InChI=1S/C46H82N4O13/c1-7-9-11-13-15-17-19-21-23-25-35(63-40(53)26-24-22-20-18-16-14-12-10-8-2)29-41(54)61-31-38-42(55)43(37(30-60-38)49-34(5)51)62-33(4)46(58)48-32(3)45(57)50-36(44(47)56)27-28-39(52)59-6/h32-33,35-38,42-43,55H,7-31H2,1-6H3,(H2,47,56)(H,48,58)(H,49,51)(H,50,57)/t32-,33+,35+,36-,37-,38+,42+,43+/m0/s1/i/hD. The number of primary amides is 1. The Morgan fingerprint density at radius 1 is 0.762 bits per heavy atom. The van der Waals surface area contributed by atoms with Crippen LogP contribution in [0.4, 0.5) is 0 Å². The number of carbonyl (C=O) groups is 7. The molecule has 1 aliphatic heterocycles. The average molecular weight is 900 g/mol. The molecule has 0 bridgehead atoms. The summed E-state index contributed by atoms with van der Waals surface area (Å²) in [5.74, 6) is -4.94. The molecule has 63 heavy (non-hydrogen) atoms. The van der Waals surface area contributed by atoms with E-state index in [9.17, 15) is 38.7 Å². The number of aliphatic hydroxyl groups is 1. The lowest BCUT2D eigenvalue weighted by Gasteiger charge is -2.41. The van der Waals surface area contributed by atoms with Gasteiger partial charge in [-0.15, -0.1) is 0 Å². The van der Waals surface area contributed by atoms with Crippen molar-refractivity contribution in [2.45, 2.75) is 231 Å². The molecule has 6 N–H and O–H groups in total. The highest BCUT2D eigenvalue weighted by Crippen LogP contribution is 2.22. The molecule has 0 spiro atoms. The largest absolute Gasteiger partial charge is 0.469 e. The van der Waals surface area contributed by atoms with Gasteiger partial charge in [-0.05, 0) is 39.5 Å². The molecule has 0 aliphatic carbocycles. The molecule has 0 aromatic heterocycles. The van der Waals surface area contributed by atoms with Gasteiger partial charge >= 0.3 is 17.9 Å². The molecule has 1 heterocycles. The third-order valence-corrected chi connectivity index (χ3v) is 11.1. The fourth-order valence-corrected chi connectivity index (χ4v) is 7.30.